The number of rotatable bonds is 7. The van der Waals surface area contributed by atoms with E-state index >= 15 is 0 Å². The highest BCUT2D eigenvalue weighted by molar-refractivity contribution is 6.03. The number of carbonyl (C=O) groups excluding carboxylic acids is 2. The van der Waals surface area contributed by atoms with E-state index in [1.165, 1.54) is 15.5 Å². The second-order valence-corrected chi connectivity index (χ2v) is 8.03. The minimum atomic E-state index is -1.60. The van der Waals surface area contributed by atoms with Crippen LogP contribution in [0.1, 0.15) is 17.5 Å². The predicted octanol–water partition coefficient (Wildman–Crippen LogP) is 0.472. The maximum atomic E-state index is 13.0. The van der Waals surface area contributed by atoms with Gasteiger partial charge in [0, 0.05) is 36.6 Å². The number of nitrogens with two attached hydrogens (primary N) is 1. The van der Waals surface area contributed by atoms with E-state index in [4.69, 9.17) is 5.73 Å². The van der Waals surface area contributed by atoms with Gasteiger partial charge in [-0.25, -0.2) is 0 Å². The number of amidine groups is 1. The molecule has 0 radical (unpaired) electrons. The summed E-state index contributed by atoms with van der Waals surface area (Å²) in [7, 11) is 1.63. The van der Waals surface area contributed by atoms with Crippen molar-refractivity contribution in [1.82, 2.24) is 4.57 Å². The van der Waals surface area contributed by atoms with Gasteiger partial charge in [0.25, 0.3) is 11.5 Å². The van der Waals surface area contributed by atoms with E-state index in [9.17, 15) is 24.6 Å². The second kappa shape index (κ2) is 9.46. The first-order valence-electron chi connectivity index (χ1n) is 10.7. The average molecular weight is 463 g/mol. The van der Waals surface area contributed by atoms with E-state index in [1.807, 2.05) is 0 Å². The van der Waals surface area contributed by atoms with Gasteiger partial charge in [0.1, 0.15) is 11.9 Å². The van der Waals surface area contributed by atoms with Gasteiger partial charge < -0.3 is 30.7 Å². The Labute approximate surface area is 194 Å². The molecule has 0 bridgehead atoms. The van der Waals surface area contributed by atoms with Gasteiger partial charge in [-0.1, -0.05) is 6.07 Å². The van der Waals surface area contributed by atoms with Gasteiger partial charge in [-0.3, -0.25) is 19.4 Å². The van der Waals surface area contributed by atoms with Crippen molar-refractivity contribution < 1.29 is 19.8 Å². The van der Waals surface area contributed by atoms with E-state index in [0.717, 1.165) is 16.5 Å². The van der Waals surface area contributed by atoms with E-state index in [2.05, 4.69) is 10.3 Å². The Kier molecular flexibility index (Phi) is 6.44. The molecule has 1 aromatic heterocycles. The van der Waals surface area contributed by atoms with Gasteiger partial charge in [-0.2, -0.15) is 0 Å². The number of aryl methyl sites for hydroxylation is 1. The molecule has 0 saturated heterocycles. The SMILES string of the molecule is Cn1c(=O)ccc2ccc(N(CCO)C(=O)C[C@@H](O)C(=O)Nc3ccc4c(c3)CN=C4N)cc21. The molecule has 4 rings (SSSR count). The zero-order chi connectivity index (χ0) is 24.4. The number of aliphatic hydroxyl groups is 2. The second-order valence-electron chi connectivity index (χ2n) is 8.03. The molecule has 2 amide bonds. The summed E-state index contributed by atoms with van der Waals surface area (Å²) in [5.74, 6) is -0.839. The molecule has 10 heteroatoms. The van der Waals surface area contributed by atoms with Crippen LogP contribution in [0.3, 0.4) is 0 Å². The molecule has 0 saturated carbocycles. The van der Waals surface area contributed by atoms with E-state index in [-0.39, 0.29) is 18.7 Å². The van der Waals surface area contributed by atoms with Crippen LogP contribution in [0.15, 0.2) is 58.3 Å². The summed E-state index contributed by atoms with van der Waals surface area (Å²) in [6.45, 7) is 0.0607. The van der Waals surface area contributed by atoms with E-state index < -0.39 is 24.3 Å². The van der Waals surface area contributed by atoms with Crippen molar-refractivity contribution in [3.8, 4) is 0 Å². The highest BCUT2D eigenvalue weighted by Gasteiger charge is 2.24. The van der Waals surface area contributed by atoms with Crippen LogP contribution < -0.4 is 21.5 Å². The lowest BCUT2D eigenvalue weighted by molar-refractivity contribution is -0.129. The molecule has 0 spiro atoms. The lowest BCUT2D eigenvalue weighted by Crippen LogP contribution is -2.39. The van der Waals surface area contributed by atoms with Gasteiger partial charge in [-0.05, 0) is 47.3 Å². The third-order valence-electron chi connectivity index (χ3n) is 5.79. The quantitative estimate of drug-likeness (QED) is 0.400. The third kappa shape index (κ3) is 4.54. The Morgan fingerprint density at radius 3 is 2.74 bits per heavy atom. The maximum absolute atomic E-state index is 13.0. The molecule has 0 aliphatic carbocycles. The van der Waals surface area contributed by atoms with Crippen LogP contribution in [0.2, 0.25) is 0 Å². The summed E-state index contributed by atoms with van der Waals surface area (Å²) in [4.78, 5) is 42.9. The van der Waals surface area contributed by atoms with Crippen LogP contribution in [0.25, 0.3) is 10.9 Å². The summed E-state index contributed by atoms with van der Waals surface area (Å²) < 4.78 is 1.46. The number of hydrogen-bond donors (Lipinski definition) is 4. The number of aliphatic imine (C=N–C) groups is 1. The van der Waals surface area contributed by atoms with Crippen molar-refractivity contribution in [2.75, 3.05) is 23.4 Å². The zero-order valence-electron chi connectivity index (χ0n) is 18.6. The largest absolute Gasteiger partial charge is 0.395 e. The summed E-state index contributed by atoms with van der Waals surface area (Å²) in [5.41, 5.74) is 8.78. The van der Waals surface area contributed by atoms with Gasteiger partial charge in [0.15, 0.2) is 0 Å². The van der Waals surface area contributed by atoms with Gasteiger partial charge >= 0.3 is 0 Å². The number of carbonyl (C=O) groups is 2. The number of amides is 2. The lowest BCUT2D eigenvalue weighted by atomic mass is 10.1. The number of hydrogen-bond acceptors (Lipinski definition) is 7. The van der Waals surface area contributed by atoms with E-state index in [1.54, 1.807) is 49.5 Å². The molecule has 2 heterocycles. The van der Waals surface area contributed by atoms with Crippen LogP contribution >= 0.6 is 0 Å². The number of pyridine rings is 1. The first-order valence-corrected chi connectivity index (χ1v) is 10.7. The van der Waals surface area contributed by atoms with Crippen LogP contribution in [-0.2, 0) is 23.2 Å². The smallest absolute Gasteiger partial charge is 0.253 e. The summed E-state index contributed by atoms with van der Waals surface area (Å²) >= 11 is 0. The van der Waals surface area contributed by atoms with E-state index in [0.29, 0.717) is 29.3 Å². The monoisotopic (exact) mass is 463 g/mol. The number of fused-ring (bicyclic) bond motifs is 2. The minimum Gasteiger partial charge on any atom is -0.395 e. The molecule has 3 aromatic rings. The van der Waals surface area contributed by atoms with Gasteiger partial charge in [0.2, 0.25) is 5.91 Å². The van der Waals surface area contributed by atoms with Crippen LogP contribution in [0.5, 0.6) is 0 Å². The molecule has 5 N–H and O–H groups in total. The molecular weight excluding hydrogens is 438 g/mol. The highest BCUT2D eigenvalue weighted by atomic mass is 16.3. The first kappa shape index (κ1) is 23.1. The average Bonchev–Trinajstić information content (AvgIpc) is 3.19. The Morgan fingerprint density at radius 1 is 1.21 bits per heavy atom. The number of benzene rings is 2. The van der Waals surface area contributed by atoms with Gasteiger partial charge in [0.05, 0.1) is 25.1 Å². The first-order chi connectivity index (χ1) is 16.3. The Bertz CT molecular complexity index is 1360. The van der Waals surface area contributed by atoms with Crippen molar-refractivity contribution in [3.63, 3.8) is 0 Å². The lowest BCUT2D eigenvalue weighted by Gasteiger charge is -2.24. The van der Waals surface area contributed by atoms with Gasteiger partial charge in [-0.15, -0.1) is 0 Å². The fourth-order valence-corrected chi connectivity index (χ4v) is 3.92. The molecule has 10 nitrogen and oxygen atoms in total. The molecule has 176 valence electrons. The summed E-state index contributed by atoms with van der Waals surface area (Å²) in [5, 5.41) is 23.3. The molecule has 1 atom stereocenters. The number of nitrogens with one attached hydrogen (secondary N) is 1. The fourth-order valence-electron chi connectivity index (χ4n) is 3.92. The van der Waals surface area contributed by atoms with Crippen molar-refractivity contribution in [3.05, 3.63) is 70.0 Å². The normalized spacial score (nSPS) is 13.3. The standard InChI is InChI=1S/C24H25N5O5/c1-28-19-11-17(5-2-14(19)3-7-21(28)32)29(8-9-30)22(33)12-20(31)24(34)27-16-4-6-18-15(10-16)13-26-23(18)25/h2-7,10-11,20,30-31H,8-9,12-13H2,1H3,(H2,25,26)(H,27,34)/t20-/m1/s1. The highest BCUT2D eigenvalue weighted by Crippen LogP contribution is 2.23. The topological polar surface area (TPSA) is 150 Å². The molecule has 1 aliphatic heterocycles. The number of aliphatic hydroxyl groups excluding tert-OH is 2. The molecule has 0 unspecified atom stereocenters. The van der Waals surface area contributed by atoms with Crippen LogP contribution in [0.4, 0.5) is 11.4 Å². The number of nitrogens with zero attached hydrogens (tertiary/aromatic N) is 3. The maximum Gasteiger partial charge on any atom is 0.253 e. The number of aromatic nitrogens is 1. The molecule has 0 fully saturated rings. The third-order valence-corrected chi connectivity index (χ3v) is 5.79. The van der Waals surface area contributed by atoms with Crippen molar-refractivity contribution in [2.45, 2.75) is 19.1 Å². The molecular formula is C24H25N5O5. The van der Waals surface area contributed by atoms with Crippen molar-refractivity contribution >= 4 is 39.9 Å². The predicted molar refractivity (Wildman–Crippen MR) is 129 cm³/mol. The van der Waals surface area contributed by atoms with Crippen LogP contribution in [-0.4, -0.2) is 51.7 Å². The Morgan fingerprint density at radius 2 is 1.97 bits per heavy atom. The van der Waals surface area contributed by atoms with Crippen molar-refractivity contribution in [2.24, 2.45) is 17.8 Å². The number of anilines is 2. The Balaban J connectivity index is 1.48. The fraction of sp³-hybridized carbons (Fsp3) is 0.250. The van der Waals surface area contributed by atoms with Crippen molar-refractivity contribution in [1.29, 1.82) is 0 Å². The molecule has 1 aliphatic rings. The molecule has 34 heavy (non-hydrogen) atoms. The summed E-state index contributed by atoms with van der Waals surface area (Å²) in [6.07, 6.45) is -2.09. The van der Waals surface area contributed by atoms with Crippen LogP contribution in [0, 0.1) is 0 Å². The summed E-state index contributed by atoms with van der Waals surface area (Å²) in [6, 6.07) is 13.4. The molecule has 2 aromatic carbocycles. The zero-order valence-corrected chi connectivity index (χ0v) is 18.6. The Hall–Kier alpha value is -4.02. The minimum absolute atomic E-state index is 0.0360.